The number of halogens is 3. The Labute approximate surface area is 205 Å². The van der Waals surface area contributed by atoms with Crippen LogP contribution in [0.15, 0.2) is 58.7 Å². The standard InChI is InChI=1S/C24H18F3N3O5S/c25-24(26,27)17-3-1-2-14(8-17)9-28-21(32)19-29-20(31)18-16(12-36-22(18)30-19)11-35-10-13-4-6-15(7-5-13)23(33)34/h1-8,12H,9-11H2,(H,28,32)(H,33,34)(H,29,30,31). The topological polar surface area (TPSA) is 121 Å². The summed E-state index contributed by atoms with van der Waals surface area (Å²) in [6, 6.07) is 10.8. The number of ether oxygens (including phenoxy) is 1. The van der Waals surface area contributed by atoms with E-state index >= 15 is 0 Å². The van der Waals surface area contributed by atoms with Gasteiger partial charge in [-0.15, -0.1) is 11.3 Å². The fourth-order valence-electron chi connectivity index (χ4n) is 3.37. The summed E-state index contributed by atoms with van der Waals surface area (Å²) in [6.45, 7) is 0.104. The molecule has 2 heterocycles. The maximum atomic E-state index is 12.9. The number of rotatable bonds is 8. The lowest BCUT2D eigenvalue weighted by Gasteiger charge is -2.09. The number of carboxylic acid groups (broad SMARTS) is 1. The molecule has 8 nitrogen and oxygen atoms in total. The van der Waals surface area contributed by atoms with Crippen LogP contribution >= 0.6 is 11.3 Å². The first kappa shape index (κ1) is 25.1. The molecular formula is C24H18F3N3O5S. The summed E-state index contributed by atoms with van der Waals surface area (Å²) in [6.07, 6.45) is -4.50. The van der Waals surface area contributed by atoms with Crippen LogP contribution in [-0.4, -0.2) is 27.0 Å². The highest BCUT2D eigenvalue weighted by atomic mass is 32.1. The number of H-pyrrole nitrogens is 1. The molecule has 0 aliphatic rings. The first-order valence-electron chi connectivity index (χ1n) is 10.5. The van der Waals surface area contributed by atoms with Crippen LogP contribution in [0.5, 0.6) is 0 Å². The van der Waals surface area contributed by atoms with Crippen LogP contribution in [0.2, 0.25) is 0 Å². The first-order valence-corrected chi connectivity index (χ1v) is 11.3. The number of amides is 1. The number of benzene rings is 2. The zero-order valence-electron chi connectivity index (χ0n) is 18.4. The van der Waals surface area contributed by atoms with Crippen molar-refractivity contribution in [1.82, 2.24) is 15.3 Å². The predicted octanol–water partition coefficient (Wildman–Crippen LogP) is 4.35. The second-order valence-electron chi connectivity index (χ2n) is 7.73. The van der Waals surface area contributed by atoms with Crippen LogP contribution < -0.4 is 10.9 Å². The number of alkyl halides is 3. The van der Waals surface area contributed by atoms with Crippen LogP contribution in [0.3, 0.4) is 0 Å². The van der Waals surface area contributed by atoms with Gasteiger partial charge in [0.25, 0.3) is 11.5 Å². The molecule has 0 saturated heterocycles. The monoisotopic (exact) mass is 517 g/mol. The van der Waals surface area contributed by atoms with Gasteiger partial charge in [0.2, 0.25) is 5.82 Å². The van der Waals surface area contributed by atoms with E-state index in [1.54, 1.807) is 17.5 Å². The van der Waals surface area contributed by atoms with Crippen molar-refractivity contribution in [1.29, 1.82) is 0 Å². The average Bonchev–Trinajstić information content (AvgIpc) is 3.26. The minimum absolute atomic E-state index is 0.0898. The van der Waals surface area contributed by atoms with E-state index in [1.807, 2.05) is 0 Å². The number of hydrogen-bond donors (Lipinski definition) is 3. The third-order valence-corrected chi connectivity index (χ3v) is 6.09. The van der Waals surface area contributed by atoms with Gasteiger partial charge in [0.1, 0.15) is 4.83 Å². The Balaban J connectivity index is 1.41. The molecule has 0 fully saturated rings. The van der Waals surface area contributed by atoms with Gasteiger partial charge in [0.15, 0.2) is 0 Å². The molecule has 1 amide bonds. The lowest BCUT2D eigenvalue weighted by molar-refractivity contribution is -0.137. The Morgan fingerprint density at radius 3 is 2.53 bits per heavy atom. The number of carbonyl (C=O) groups is 2. The molecule has 36 heavy (non-hydrogen) atoms. The molecule has 2 aromatic carbocycles. The van der Waals surface area contributed by atoms with Gasteiger partial charge in [-0.3, -0.25) is 9.59 Å². The number of aromatic amines is 1. The molecule has 0 unspecified atom stereocenters. The molecule has 0 aliphatic carbocycles. The maximum absolute atomic E-state index is 12.9. The molecule has 0 atom stereocenters. The molecule has 12 heteroatoms. The van der Waals surface area contributed by atoms with E-state index in [-0.39, 0.29) is 42.1 Å². The highest BCUT2D eigenvalue weighted by Gasteiger charge is 2.30. The van der Waals surface area contributed by atoms with Crippen LogP contribution in [0.4, 0.5) is 13.2 Å². The Bertz CT molecular complexity index is 1480. The largest absolute Gasteiger partial charge is 0.478 e. The smallest absolute Gasteiger partial charge is 0.416 e. The number of thiophene rings is 1. The van der Waals surface area contributed by atoms with Crippen LogP contribution in [0.1, 0.15) is 43.2 Å². The number of aromatic carboxylic acids is 1. The minimum Gasteiger partial charge on any atom is -0.478 e. The molecule has 3 N–H and O–H groups in total. The van der Waals surface area contributed by atoms with E-state index in [0.717, 1.165) is 29.0 Å². The molecule has 186 valence electrons. The highest BCUT2D eigenvalue weighted by molar-refractivity contribution is 7.16. The molecular weight excluding hydrogens is 499 g/mol. The van der Waals surface area contributed by atoms with Crippen molar-refractivity contribution in [3.05, 3.63) is 97.9 Å². The van der Waals surface area contributed by atoms with Gasteiger partial charge in [-0.2, -0.15) is 13.2 Å². The fourth-order valence-corrected chi connectivity index (χ4v) is 4.29. The summed E-state index contributed by atoms with van der Waals surface area (Å²) in [5.41, 5.74) is 0.362. The van der Waals surface area contributed by atoms with Crippen molar-refractivity contribution in [2.45, 2.75) is 25.9 Å². The summed E-state index contributed by atoms with van der Waals surface area (Å²) in [5, 5.41) is 13.4. The van der Waals surface area contributed by atoms with Gasteiger partial charge in [0.05, 0.1) is 29.7 Å². The van der Waals surface area contributed by atoms with E-state index < -0.39 is 29.2 Å². The van der Waals surface area contributed by atoms with E-state index in [4.69, 9.17) is 9.84 Å². The maximum Gasteiger partial charge on any atom is 0.416 e. The second kappa shape index (κ2) is 10.3. The zero-order valence-corrected chi connectivity index (χ0v) is 19.2. The van der Waals surface area contributed by atoms with Gasteiger partial charge in [0, 0.05) is 12.1 Å². The Kier molecular flexibility index (Phi) is 7.17. The quantitative estimate of drug-likeness (QED) is 0.320. The molecule has 2 aromatic heterocycles. The van der Waals surface area contributed by atoms with Crippen molar-refractivity contribution in [2.24, 2.45) is 0 Å². The number of nitrogens with one attached hydrogen (secondary N) is 2. The molecule has 0 radical (unpaired) electrons. The van der Waals surface area contributed by atoms with Gasteiger partial charge in [-0.25, -0.2) is 9.78 Å². The summed E-state index contributed by atoms with van der Waals surface area (Å²) in [5.74, 6) is -2.02. The van der Waals surface area contributed by atoms with Crippen molar-refractivity contribution < 1.29 is 32.6 Å². The molecule has 0 spiro atoms. The van der Waals surface area contributed by atoms with Crippen molar-refractivity contribution in [3.63, 3.8) is 0 Å². The van der Waals surface area contributed by atoms with Gasteiger partial charge >= 0.3 is 12.1 Å². The predicted molar refractivity (Wildman–Crippen MR) is 125 cm³/mol. The molecule has 0 saturated carbocycles. The normalized spacial score (nSPS) is 11.5. The summed E-state index contributed by atoms with van der Waals surface area (Å²) < 4.78 is 44.2. The Morgan fingerprint density at radius 2 is 1.83 bits per heavy atom. The van der Waals surface area contributed by atoms with Crippen molar-refractivity contribution >= 4 is 33.4 Å². The summed E-state index contributed by atoms with van der Waals surface area (Å²) in [4.78, 5) is 42.9. The number of nitrogens with zero attached hydrogens (tertiary/aromatic N) is 1. The van der Waals surface area contributed by atoms with Crippen LogP contribution in [0.25, 0.3) is 10.2 Å². The van der Waals surface area contributed by atoms with Gasteiger partial charge in [-0.05, 0) is 40.8 Å². The number of carbonyl (C=O) groups excluding carboxylic acids is 1. The number of aromatic nitrogens is 2. The number of carboxylic acids is 1. The second-order valence-corrected chi connectivity index (χ2v) is 8.59. The van der Waals surface area contributed by atoms with Crippen LogP contribution in [0, 0.1) is 0 Å². The molecule has 0 bridgehead atoms. The van der Waals surface area contributed by atoms with Crippen LogP contribution in [-0.2, 0) is 30.7 Å². The van der Waals surface area contributed by atoms with Crippen molar-refractivity contribution in [2.75, 3.05) is 0 Å². The third kappa shape index (κ3) is 5.78. The van der Waals surface area contributed by atoms with E-state index in [1.165, 1.54) is 24.3 Å². The minimum atomic E-state index is -4.50. The zero-order chi connectivity index (χ0) is 25.9. The molecule has 0 aliphatic heterocycles. The summed E-state index contributed by atoms with van der Waals surface area (Å²) in [7, 11) is 0. The third-order valence-electron chi connectivity index (χ3n) is 5.17. The van der Waals surface area contributed by atoms with Gasteiger partial charge < -0.3 is 20.1 Å². The molecule has 4 aromatic rings. The molecule has 4 rings (SSSR count). The number of fused-ring (bicyclic) bond motifs is 1. The van der Waals surface area contributed by atoms with E-state index in [9.17, 15) is 27.6 Å². The van der Waals surface area contributed by atoms with E-state index in [2.05, 4.69) is 15.3 Å². The Morgan fingerprint density at radius 1 is 1.08 bits per heavy atom. The lowest BCUT2D eigenvalue weighted by Crippen LogP contribution is -2.27. The van der Waals surface area contributed by atoms with E-state index in [0.29, 0.717) is 10.4 Å². The van der Waals surface area contributed by atoms with Gasteiger partial charge in [-0.1, -0.05) is 24.3 Å². The highest BCUT2D eigenvalue weighted by Crippen LogP contribution is 2.29. The first-order chi connectivity index (χ1) is 17.1. The lowest BCUT2D eigenvalue weighted by atomic mass is 10.1. The average molecular weight is 517 g/mol. The Hall–Kier alpha value is -4.03. The van der Waals surface area contributed by atoms with Crippen molar-refractivity contribution in [3.8, 4) is 0 Å². The fraction of sp³-hybridized carbons (Fsp3) is 0.167. The SMILES string of the molecule is O=C(O)c1ccc(COCc2csc3nc(C(=O)NCc4cccc(C(F)(F)F)c4)[nH]c(=O)c23)cc1. The summed E-state index contributed by atoms with van der Waals surface area (Å²) >= 11 is 1.15. The number of hydrogen-bond acceptors (Lipinski definition) is 6.